The minimum atomic E-state index is -0.564. The summed E-state index contributed by atoms with van der Waals surface area (Å²) >= 11 is 6.30. The molecular formula is C32H37ClN4O5. The predicted molar refractivity (Wildman–Crippen MR) is 162 cm³/mol. The Labute approximate surface area is 251 Å². The number of nitrogens with zero attached hydrogens (tertiary/aromatic N) is 2. The fraction of sp³-hybridized carbons (Fsp3) is 0.375. The van der Waals surface area contributed by atoms with Gasteiger partial charge in [0, 0.05) is 35.3 Å². The first-order valence-corrected chi connectivity index (χ1v) is 14.3. The van der Waals surface area contributed by atoms with Gasteiger partial charge in [0.2, 0.25) is 11.8 Å². The number of halogens is 1. The van der Waals surface area contributed by atoms with E-state index in [0.717, 1.165) is 61.1 Å². The number of ether oxygens (including phenoxy) is 2. The number of esters is 1. The average Bonchev–Trinajstić information content (AvgIpc) is 3.46. The van der Waals surface area contributed by atoms with Crippen molar-refractivity contribution in [3.8, 4) is 16.9 Å². The summed E-state index contributed by atoms with van der Waals surface area (Å²) < 4.78 is 12.5. The molecule has 2 amide bonds. The van der Waals surface area contributed by atoms with Gasteiger partial charge in [0.15, 0.2) is 0 Å². The molecular weight excluding hydrogens is 556 g/mol. The minimum absolute atomic E-state index is 0.255. The van der Waals surface area contributed by atoms with E-state index in [1.807, 2.05) is 63.7 Å². The average molecular weight is 593 g/mol. The molecule has 222 valence electrons. The Morgan fingerprint density at radius 1 is 1.02 bits per heavy atom. The zero-order valence-electron chi connectivity index (χ0n) is 24.9. The second kappa shape index (κ2) is 13.2. The van der Waals surface area contributed by atoms with Gasteiger partial charge < -0.3 is 20.1 Å². The molecule has 10 heteroatoms. The van der Waals surface area contributed by atoms with Crippen LogP contribution in [0.5, 0.6) is 5.75 Å². The smallest absolute Gasteiger partial charge is 0.325 e. The normalized spacial score (nSPS) is 12.3. The topological polar surface area (TPSA) is 112 Å². The van der Waals surface area contributed by atoms with Crippen LogP contribution < -0.4 is 15.4 Å². The monoisotopic (exact) mass is 592 g/mol. The molecule has 0 saturated heterocycles. The Bertz CT molecular complexity index is 1550. The number of allylic oxidation sites excluding steroid dienone is 1. The second-order valence-corrected chi connectivity index (χ2v) is 10.9. The van der Waals surface area contributed by atoms with Crippen molar-refractivity contribution in [1.29, 1.82) is 0 Å². The molecule has 4 rings (SSSR count). The van der Waals surface area contributed by atoms with Gasteiger partial charge in [-0.15, -0.1) is 0 Å². The molecule has 1 aliphatic carbocycles. The summed E-state index contributed by atoms with van der Waals surface area (Å²) in [5.41, 5.74) is 9.65. The number of hydrogen-bond donors (Lipinski definition) is 2. The van der Waals surface area contributed by atoms with Crippen LogP contribution in [0.15, 0.2) is 35.9 Å². The van der Waals surface area contributed by atoms with E-state index in [2.05, 4.69) is 26.5 Å². The van der Waals surface area contributed by atoms with Crippen molar-refractivity contribution in [2.24, 2.45) is 7.05 Å². The third-order valence-electron chi connectivity index (χ3n) is 7.59. The number of methoxy groups -OCH3 is 1. The highest BCUT2D eigenvalue weighted by atomic mass is 35.5. The number of nitrogens with one attached hydrogen (secondary N) is 2. The Morgan fingerprint density at radius 2 is 1.71 bits per heavy atom. The molecule has 0 unspecified atom stereocenters. The summed E-state index contributed by atoms with van der Waals surface area (Å²) in [7, 11) is 3.17. The highest BCUT2D eigenvalue weighted by Gasteiger charge is 2.29. The molecule has 2 N–H and O–H groups in total. The number of aromatic nitrogens is 2. The van der Waals surface area contributed by atoms with Crippen molar-refractivity contribution >= 4 is 35.0 Å². The quantitative estimate of drug-likeness (QED) is 0.250. The highest BCUT2D eigenvalue weighted by molar-refractivity contribution is 6.32. The number of benzene rings is 2. The lowest BCUT2D eigenvalue weighted by Gasteiger charge is -2.13. The summed E-state index contributed by atoms with van der Waals surface area (Å²) in [6.45, 7) is 7.88. The summed E-state index contributed by atoms with van der Waals surface area (Å²) in [4.78, 5) is 37.0. The molecule has 0 fully saturated rings. The molecule has 0 aliphatic heterocycles. The lowest BCUT2D eigenvalue weighted by molar-refractivity contribution is -0.141. The SMILES string of the molecule is COC(=O)CNC(=O)CNC(=O)C1=C(CCCOc2cc(C)c(Cl)c(C)c2)c2cccc(-c3c(C)nn(C)c3C)c2C1. The molecule has 42 heavy (non-hydrogen) atoms. The summed E-state index contributed by atoms with van der Waals surface area (Å²) in [5, 5.41) is 10.5. The third-order valence-corrected chi connectivity index (χ3v) is 8.18. The summed E-state index contributed by atoms with van der Waals surface area (Å²) in [5.74, 6) is -0.595. The number of fused-ring (bicyclic) bond motifs is 1. The van der Waals surface area contributed by atoms with Gasteiger partial charge in [-0.25, -0.2) is 0 Å². The maximum Gasteiger partial charge on any atom is 0.325 e. The van der Waals surface area contributed by atoms with E-state index in [9.17, 15) is 14.4 Å². The van der Waals surface area contributed by atoms with E-state index >= 15 is 0 Å². The third kappa shape index (κ3) is 6.68. The largest absolute Gasteiger partial charge is 0.494 e. The van der Waals surface area contributed by atoms with E-state index in [-0.39, 0.29) is 19.0 Å². The zero-order valence-corrected chi connectivity index (χ0v) is 25.7. The van der Waals surface area contributed by atoms with E-state index in [1.54, 1.807) is 0 Å². The molecule has 0 atom stereocenters. The van der Waals surface area contributed by atoms with Crippen LogP contribution >= 0.6 is 11.6 Å². The maximum absolute atomic E-state index is 13.5. The van der Waals surface area contributed by atoms with Gasteiger partial charge in [-0.3, -0.25) is 19.1 Å². The lowest BCUT2D eigenvalue weighted by Crippen LogP contribution is -2.39. The molecule has 0 bridgehead atoms. The molecule has 0 saturated carbocycles. The van der Waals surface area contributed by atoms with Gasteiger partial charge in [0.1, 0.15) is 12.3 Å². The van der Waals surface area contributed by atoms with E-state index in [4.69, 9.17) is 16.3 Å². The molecule has 1 heterocycles. The standard InChI is InChI=1S/C32H37ClN4O5/c1-18-13-22(14-19(2)31(18)33)42-12-8-11-24-23-9-7-10-25(30-20(3)36-37(5)21(30)4)26(23)15-27(24)32(40)35-16-28(38)34-17-29(39)41-6/h7,9-10,13-14H,8,11-12,15-17H2,1-6H3,(H,34,38)(H,35,40). The Balaban J connectivity index is 1.56. The van der Waals surface area contributed by atoms with Gasteiger partial charge in [-0.2, -0.15) is 5.10 Å². The second-order valence-electron chi connectivity index (χ2n) is 10.5. The molecule has 1 aliphatic rings. The number of hydrogen-bond acceptors (Lipinski definition) is 6. The maximum atomic E-state index is 13.5. The molecule has 0 spiro atoms. The molecule has 9 nitrogen and oxygen atoms in total. The first-order chi connectivity index (χ1) is 20.0. The van der Waals surface area contributed by atoms with Crippen molar-refractivity contribution in [2.75, 3.05) is 26.8 Å². The number of carbonyl (C=O) groups excluding carboxylic acids is 3. The number of amides is 2. The van der Waals surface area contributed by atoms with Gasteiger partial charge in [-0.1, -0.05) is 29.8 Å². The molecule has 1 aromatic heterocycles. The first-order valence-electron chi connectivity index (χ1n) is 13.9. The van der Waals surface area contributed by atoms with Crippen molar-refractivity contribution in [2.45, 2.75) is 47.0 Å². The zero-order chi connectivity index (χ0) is 30.6. The number of aryl methyl sites for hydroxylation is 4. The molecule has 3 aromatic rings. The van der Waals surface area contributed by atoms with Crippen LogP contribution in [0.1, 0.15) is 46.5 Å². The summed E-state index contributed by atoms with van der Waals surface area (Å²) in [6, 6.07) is 9.98. The van der Waals surface area contributed by atoms with Crippen LogP contribution in [-0.4, -0.2) is 54.4 Å². The predicted octanol–water partition coefficient (Wildman–Crippen LogP) is 4.55. The molecule has 0 radical (unpaired) electrons. The van der Waals surface area contributed by atoms with Crippen molar-refractivity contribution in [3.63, 3.8) is 0 Å². The first kappa shape index (κ1) is 30.8. The molecule has 2 aromatic carbocycles. The van der Waals surface area contributed by atoms with Crippen molar-refractivity contribution in [1.82, 2.24) is 20.4 Å². The van der Waals surface area contributed by atoms with Crippen molar-refractivity contribution < 1.29 is 23.9 Å². The van der Waals surface area contributed by atoms with Crippen LogP contribution in [0.2, 0.25) is 5.02 Å². The Morgan fingerprint density at radius 3 is 2.36 bits per heavy atom. The Kier molecular flexibility index (Phi) is 9.73. The highest BCUT2D eigenvalue weighted by Crippen LogP contribution is 2.42. The van der Waals surface area contributed by atoms with Gasteiger partial charge in [-0.05, 0) is 86.1 Å². The minimum Gasteiger partial charge on any atom is -0.494 e. The summed E-state index contributed by atoms with van der Waals surface area (Å²) in [6.07, 6.45) is 1.73. The fourth-order valence-electron chi connectivity index (χ4n) is 5.41. The number of carbonyl (C=O) groups is 3. The van der Waals surface area contributed by atoms with Crippen LogP contribution in [-0.2, 0) is 32.6 Å². The van der Waals surface area contributed by atoms with Crippen LogP contribution in [0.25, 0.3) is 16.7 Å². The van der Waals surface area contributed by atoms with E-state index in [1.165, 1.54) is 7.11 Å². The van der Waals surface area contributed by atoms with Gasteiger partial charge in [0.05, 0.1) is 26.0 Å². The van der Waals surface area contributed by atoms with Crippen LogP contribution in [0.3, 0.4) is 0 Å². The lowest BCUT2D eigenvalue weighted by atomic mass is 9.93. The Hall–Kier alpha value is -4.11. The van der Waals surface area contributed by atoms with Crippen molar-refractivity contribution in [3.05, 3.63) is 74.6 Å². The van der Waals surface area contributed by atoms with Crippen LogP contribution in [0.4, 0.5) is 0 Å². The van der Waals surface area contributed by atoms with E-state index < -0.39 is 11.9 Å². The van der Waals surface area contributed by atoms with Gasteiger partial charge in [0.25, 0.3) is 0 Å². The number of rotatable bonds is 11. The van der Waals surface area contributed by atoms with Gasteiger partial charge >= 0.3 is 5.97 Å². The fourth-order valence-corrected chi connectivity index (χ4v) is 5.52. The van der Waals surface area contributed by atoms with Crippen LogP contribution in [0, 0.1) is 27.7 Å². The van der Waals surface area contributed by atoms with E-state index in [0.29, 0.717) is 31.4 Å².